The number of hydrogen-bond acceptors (Lipinski definition) is 3. The van der Waals surface area contributed by atoms with Crippen molar-refractivity contribution < 1.29 is 9.53 Å². The molecule has 92 valence electrons. The zero-order valence-electron chi connectivity index (χ0n) is 10.3. The monoisotopic (exact) mass is 233 g/mol. The minimum Gasteiger partial charge on any atom is -0.469 e. The Balaban J connectivity index is 1.91. The van der Waals surface area contributed by atoms with Gasteiger partial charge >= 0.3 is 5.97 Å². The number of ether oxygens (including phenoxy) is 1. The van der Waals surface area contributed by atoms with Crippen molar-refractivity contribution in [3.63, 3.8) is 0 Å². The molecule has 17 heavy (non-hydrogen) atoms. The predicted octanol–water partition coefficient (Wildman–Crippen LogP) is 2.54. The van der Waals surface area contributed by atoms with Crippen LogP contribution in [-0.2, 0) is 22.4 Å². The van der Waals surface area contributed by atoms with Crippen LogP contribution in [0.2, 0.25) is 0 Å². The van der Waals surface area contributed by atoms with Gasteiger partial charge in [-0.05, 0) is 42.9 Å². The molecule has 0 saturated carbocycles. The van der Waals surface area contributed by atoms with Gasteiger partial charge in [0.1, 0.15) is 0 Å². The van der Waals surface area contributed by atoms with Crippen LogP contribution in [0.5, 0.6) is 0 Å². The van der Waals surface area contributed by atoms with Gasteiger partial charge in [0.05, 0.1) is 7.11 Å². The first-order valence-corrected chi connectivity index (χ1v) is 6.22. The van der Waals surface area contributed by atoms with Crippen molar-refractivity contribution in [2.45, 2.75) is 32.1 Å². The fourth-order valence-corrected chi connectivity index (χ4v) is 2.22. The molecular weight excluding hydrogens is 214 g/mol. The smallest absolute Gasteiger partial charge is 0.305 e. The number of anilines is 1. The average molecular weight is 233 g/mol. The van der Waals surface area contributed by atoms with Crippen LogP contribution in [0.4, 0.5) is 5.69 Å². The van der Waals surface area contributed by atoms with Gasteiger partial charge < -0.3 is 10.1 Å². The third-order valence-electron chi connectivity index (χ3n) is 3.18. The summed E-state index contributed by atoms with van der Waals surface area (Å²) in [5.74, 6) is -0.121. The Morgan fingerprint density at radius 1 is 1.47 bits per heavy atom. The standard InChI is InChI=1S/C14H19NO2/c1-17-14(16)6-2-4-11-7-8-13-12(10-11)5-3-9-15-13/h7-8,10,15H,2-6,9H2,1H3. The Morgan fingerprint density at radius 3 is 3.18 bits per heavy atom. The van der Waals surface area contributed by atoms with Crippen LogP contribution in [0.25, 0.3) is 0 Å². The van der Waals surface area contributed by atoms with Crippen molar-refractivity contribution in [3.8, 4) is 0 Å². The first-order valence-electron chi connectivity index (χ1n) is 6.22. The molecule has 1 heterocycles. The highest BCUT2D eigenvalue weighted by atomic mass is 16.5. The first-order chi connectivity index (χ1) is 8.29. The Hall–Kier alpha value is -1.51. The molecule has 0 saturated heterocycles. The van der Waals surface area contributed by atoms with Crippen LogP contribution >= 0.6 is 0 Å². The highest BCUT2D eigenvalue weighted by Gasteiger charge is 2.08. The van der Waals surface area contributed by atoms with E-state index in [1.54, 1.807) is 0 Å². The second-order valence-electron chi connectivity index (χ2n) is 4.45. The van der Waals surface area contributed by atoms with Gasteiger partial charge in [0.15, 0.2) is 0 Å². The molecule has 3 nitrogen and oxygen atoms in total. The van der Waals surface area contributed by atoms with Crippen LogP contribution < -0.4 is 5.32 Å². The van der Waals surface area contributed by atoms with Gasteiger partial charge in [-0.25, -0.2) is 0 Å². The molecule has 1 N–H and O–H groups in total. The lowest BCUT2D eigenvalue weighted by Crippen LogP contribution is -2.11. The van der Waals surface area contributed by atoms with E-state index in [4.69, 9.17) is 0 Å². The molecule has 0 bridgehead atoms. The number of aryl methyl sites for hydroxylation is 2. The van der Waals surface area contributed by atoms with Crippen molar-refractivity contribution >= 4 is 11.7 Å². The molecule has 0 radical (unpaired) electrons. The minimum absolute atomic E-state index is 0.121. The van der Waals surface area contributed by atoms with E-state index in [0.717, 1.165) is 25.8 Å². The molecule has 0 spiro atoms. The Bertz CT molecular complexity index is 401. The van der Waals surface area contributed by atoms with E-state index in [1.165, 1.54) is 30.3 Å². The molecule has 0 amide bonds. The average Bonchev–Trinajstić information content (AvgIpc) is 2.38. The number of carbonyl (C=O) groups is 1. The third-order valence-corrected chi connectivity index (χ3v) is 3.18. The number of hydrogen-bond donors (Lipinski definition) is 1. The normalized spacial score (nSPS) is 13.7. The van der Waals surface area contributed by atoms with Crippen LogP contribution in [0.15, 0.2) is 18.2 Å². The molecule has 3 heteroatoms. The fourth-order valence-electron chi connectivity index (χ4n) is 2.22. The molecule has 1 aromatic rings. The number of fused-ring (bicyclic) bond motifs is 1. The second-order valence-corrected chi connectivity index (χ2v) is 4.45. The van der Waals surface area contributed by atoms with Crippen LogP contribution in [0.3, 0.4) is 0 Å². The van der Waals surface area contributed by atoms with Crippen molar-refractivity contribution in [2.75, 3.05) is 19.0 Å². The number of rotatable bonds is 4. The quantitative estimate of drug-likeness (QED) is 0.812. The van der Waals surface area contributed by atoms with Crippen LogP contribution in [0, 0.1) is 0 Å². The Kier molecular flexibility index (Phi) is 4.02. The Morgan fingerprint density at radius 2 is 2.35 bits per heavy atom. The number of esters is 1. The number of methoxy groups -OCH3 is 1. The maximum atomic E-state index is 11.0. The molecule has 0 fully saturated rings. The summed E-state index contributed by atoms with van der Waals surface area (Å²) >= 11 is 0. The van der Waals surface area contributed by atoms with E-state index in [2.05, 4.69) is 28.3 Å². The zero-order valence-corrected chi connectivity index (χ0v) is 10.3. The number of carbonyl (C=O) groups excluding carboxylic acids is 1. The summed E-state index contributed by atoms with van der Waals surface area (Å²) in [7, 11) is 1.44. The molecule has 0 atom stereocenters. The highest BCUT2D eigenvalue weighted by Crippen LogP contribution is 2.23. The van der Waals surface area contributed by atoms with E-state index in [0.29, 0.717) is 6.42 Å². The largest absolute Gasteiger partial charge is 0.469 e. The summed E-state index contributed by atoms with van der Waals surface area (Å²) < 4.78 is 4.63. The summed E-state index contributed by atoms with van der Waals surface area (Å²) in [6.45, 7) is 1.08. The molecule has 1 aromatic carbocycles. The van der Waals surface area contributed by atoms with Crippen molar-refractivity contribution in [2.24, 2.45) is 0 Å². The van der Waals surface area contributed by atoms with E-state index in [-0.39, 0.29) is 5.97 Å². The van der Waals surface area contributed by atoms with Gasteiger partial charge in [-0.1, -0.05) is 12.1 Å². The van der Waals surface area contributed by atoms with E-state index >= 15 is 0 Å². The summed E-state index contributed by atoms with van der Waals surface area (Å²) in [6.07, 6.45) is 4.68. The molecule has 0 aromatic heterocycles. The third kappa shape index (κ3) is 3.22. The molecule has 0 aliphatic carbocycles. The predicted molar refractivity (Wildman–Crippen MR) is 68.2 cm³/mol. The van der Waals surface area contributed by atoms with Gasteiger partial charge in [0.25, 0.3) is 0 Å². The summed E-state index contributed by atoms with van der Waals surface area (Å²) in [4.78, 5) is 11.0. The maximum Gasteiger partial charge on any atom is 0.305 e. The van der Waals surface area contributed by atoms with Crippen LogP contribution in [-0.4, -0.2) is 19.6 Å². The van der Waals surface area contributed by atoms with Crippen LogP contribution in [0.1, 0.15) is 30.4 Å². The van der Waals surface area contributed by atoms with Crippen molar-refractivity contribution in [1.82, 2.24) is 0 Å². The lowest BCUT2D eigenvalue weighted by molar-refractivity contribution is -0.140. The van der Waals surface area contributed by atoms with E-state index in [1.807, 2.05) is 0 Å². The number of nitrogens with one attached hydrogen (secondary N) is 1. The zero-order chi connectivity index (χ0) is 12.1. The summed E-state index contributed by atoms with van der Waals surface area (Å²) in [5.41, 5.74) is 4.00. The molecule has 1 aliphatic heterocycles. The fraction of sp³-hybridized carbons (Fsp3) is 0.500. The second kappa shape index (κ2) is 5.71. The highest BCUT2D eigenvalue weighted by molar-refractivity contribution is 5.69. The van der Waals surface area contributed by atoms with Crippen molar-refractivity contribution in [3.05, 3.63) is 29.3 Å². The molecule has 0 unspecified atom stereocenters. The Labute approximate surface area is 102 Å². The molecule has 2 rings (SSSR count). The van der Waals surface area contributed by atoms with Gasteiger partial charge in [-0.3, -0.25) is 4.79 Å². The number of benzene rings is 1. The first kappa shape index (κ1) is 12.0. The SMILES string of the molecule is COC(=O)CCCc1ccc2c(c1)CCCN2. The summed E-state index contributed by atoms with van der Waals surface area (Å²) in [5, 5.41) is 3.40. The van der Waals surface area contributed by atoms with E-state index < -0.39 is 0 Å². The minimum atomic E-state index is -0.121. The summed E-state index contributed by atoms with van der Waals surface area (Å²) in [6, 6.07) is 6.56. The van der Waals surface area contributed by atoms with Gasteiger partial charge in [0, 0.05) is 18.7 Å². The lowest BCUT2D eigenvalue weighted by atomic mass is 9.98. The van der Waals surface area contributed by atoms with E-state index in [9.17, 15) is 4.79 Å². The van der Waals surface area contributed by atoms with Gasteiger partial charge in [0.2, 0.25) is 0 Å². The maximum absolute atomic E-state index is 11.0. The topological polar surface area (TPSA) is 38.3 Å². The lowest BCUT2D eigenvalue weighted by Gasteiger charge is -2.18. The van der Waals surface area contributed by atoms with Gasteiger partial charge in [-0.2, -0.15) is 0 Å². The molecular formula is C14H19NO2. The van der Waals surface area contributed by atoms with Gasteiger partial charge in [-0.15, -0.1) is 0 Å². The van der Waals surface area contributed by atoms with Crippen molar-refractivity contribution in [1.29, 1.82) is 0 Å². The molecule has 1 aliphatic rings.